The molecule has 1 aliphatic heterocycles. The molecule has 1 heterocycles. The first kappa shape index (κ1) is 27.0. The summed E-state index contributed by atoms with van der Waals surface area (Å²) >= 11 is 0. The van der Waals surface area contributed by atoms with Crippen molar-refractivity contribution in [1.29, 1.82) is 0 Å². The van der Waals surface area contributed by atoms with Crippen LogP contribution >= 0.6 is 0 Å². The van der Waals surface area contributed by atoms with Gasteiger partial charge in [-0.1, -0.05) is 45.2 Å². The van der Waals surface area contributed by atoms with E-state index in [0.29, 0.717) is 29.9 Å². The molecule has 0 aromatic heterocycles. The van der Waals surface area contributed by atoms with Gasteiger partial charge in [-0.15, -0.1) is 0 Å². The number of likely N-dealkylation sites (tertiary alicyclic amines) is 1. The fourth-order valence-corrected chi connectivity index (χ4v) is 5.93. The van der Waals surface area contributed by atoms with Gasteiger partial charge >= 0.3 is 12.0 Å². The maximum Gasteiger partial charge on any atom is 0.326 e. The molecule has 194 valence electrons. The minimum atomic E-state index is -0.679. The Balaban J connectivity index is 1.80. The van der Waals surface area contributed by atoms with Gasteiger partial charge in [-0.25, -0.2) is 4.79 Å². The summed E-state index contributed by atoms with van der Waals surface area (Å²) in [5.74, 6) is 0.688. The van der Waals surface area contributed by atoms with Crippen LogP contribution in [0.5, 0.6) is 0 Å². The van der Waals surface area contributed by atoms with E-state index in [1.165, 1.54) is 6.42 Å². The quantitative estimate of drug-likeness (QED) is 0.556. The Labute approximate surface area is 210 Å². The molecule has 4 atom stereocenters. The maximum absolute atomic E-state index is 13.8. The lowest BCUT2D eigenvalue weighted by molar-refractivity contribution is -0.161. The number of ether oxygens (including phenoxy) is 1. The fraction of sp³-hybridized carbons (Fsp3) is 0.679. The second-order valence-corrected chi connectivity index (χ2v) is 11.5. The highest BCUT2D eigenvalue weighted by Crippen LogP contribution is 2.41. The first-order chi connectivity index (χ1) is 16.4. The summed E-state index contributed by atoms with van der Waals surface area (Å²) in [5, 5.41) is 5.71. The number of urea groups is 1. The smallest absolute Gasteiger partial charge is 0.326 e. The van der Waals surface area contributed by atoms with Gasteiger partial charge in [0.25, 0.3) is 0 Å². The third-order valence-electron chi connectivity index (χ3n) is 7.35. The number of rotatable bonds is 5. The van der Waals surface area contributed by atoms with Crippen LogP contribution in [0.3, 0.4) is 0 Å². The number of carbonyl (C=O) groups is 3. The molecule has 2 fully saturated rings. The summed E-state index contributed by atoms with van der Waals surface area (Å²) < 4.78 is 5.59. The predicted octanol–water partition coefficient (Wildman–Crippen LogP) is 5.28. The van der Waals surface area contributed by atoms with E-state index in [1.54, 1.807) is 4.90 Å². The third kappa shape index (κ3) is 7.45. The highest BCUT2D eigenvalue weighted by atomic mass is 16.6. The van der Waals surface area contributed by atoms with Crippen molar-refractivity contribution >= 4 is 23.6 Å². The molecule has 3 rings (SSSR count). The molecule has 1 aromatic rings. The molecule has 0 spiro atoms. The van der Waals surface area contributed by atoms with Gasteiger partial charge in [0.15, 0.2) is 0 Å². The van der Waals surface area contributed by atoms with Gasteiger partial charge < -0.3 is 20.3 Å². The lowest BCUT2D eigenvalue weighted by atomic mass is 9.69. The van der Waals surface area contributed by atoms with Gasteiger partial charge in [0.2, 0.25) is 5.91 Å². The number of amides is 3. The van der Waals surface area contributed by atoms with Crippen LogP contribution in [-0.2, 0) is 14.3 Å². The van der Waals surface area contributed by atoms with Crippen molar-refractivity contribution in [1.82, 2.24) is 10.2 Å². The number of carbonyl (C=O) groups excluding carboxylic acids is 3. The summed E-state index contributed by atoms with van der Waals surface area (Å²) in [4.78, 5) is 41.2. The van der Waals surface area contributed by atoms with E-state index < -0.39 is 23.6 Å². The molecule has 2 N–H and O–H groups in total. The minimum absolute atomic E-state index is 0.0352. The van der Waals surface area contributed by atoms with E-state index >= 15 is 0 Å². The minimum Gasteiger partial charge on any atom is -0.459 e. The first-order valence-corrected chi connectivity index (χ1v) is 13.1. The van der Waals surface area contributed by atoms with Crippen molar-refractivity contribution in [2.75, 3.05) is 11.9 Å². The van der Waals surface area contributed by atoms with E-state index in [0.717, 1.165) is 31.2 Å². The lowest BCUT2D eigenvalue weighted by Crippen LogP contribution is -2.56. The van der Waals surface area contributed by atoms with E-state index in [-0.39, 0.29) is 18.5 Å². The Hall–Kier alpha value is -2.57. The van der Waals surface area contributed by atoms with E-state index in [4.69, 9.17) is 4.74 Å². The molecule has 0 radical (unpaired) electrons. The Morgan fingerprint density at radius 1 is 1.06 bits per heavy atom. The molecule has 35 heavy (non-hydrogen) atoms. The summed E-state index contributed by atoms with van der Waals surface area (Å²) in [6.45, 7) is 11.9. The Morgan fingerprint density at radius 3 is 2.34 bits per heavy atom. The van der Waals surface area contributed by atoms with Crippen LogP contribution in [0.15, 0.2) is 24.3 Å². The van der Waals surface area contributed by atoms with Crippen LogP contribution in [0.4, 0.5) is 10.5 Å². The number of anilines is 1. The molecule has 1 aromatic carbocycles. The van der Waals surface area contributed by atoms with Crippen molar-refractivity contribution in [3.8, 4) is 0 Å². The number of esters is 1. The lowest BCUT2D eigenvalue weighted by Gasteiger charge is -2.44. The molecule has 3 amide bonds. The largest absolute Gasteiger partial charge is 0.459 e. The third-order valence-corrected chi connectivity index (χ3v) is 7.35. The zero-order chi connectivity index (χ0) is 25.8. The van der Waals surface area contributed by atoms with Gasteiger partial charge in [-0.05, 0) is 82.4 Å². The van der Waals surface area contributed by atoms with Crippen molar-refractivity contribution in [3.05, 3.63) is 29.8 Å². The van der Waals surface area contributed by atoms with Gasteiger partial charge in [0.1, 0.15) is 18.2 Å². The van der Waals surface area contributed by atoms with Gasteiger partial charge in [0, 0.05) is 11.7 Å². The molecule has 7 nitrogen and oxygen atoms in total. The van der Waals surface area contributed by atoms with E-state index in [2.05, 4.69) is 24.5 Å². The molecular weight excluding hydrogens is 442 g/mol. The first-order valence-electron chi connectivity index (χ1n) is 13.1. The van der Waals surface area contributed by atoms with E-state index in [1.807, 2.05) is 52.0 Å². The molecule has 7 heteroatoms. The van der Waals surface area contributed by atoms with Gasteiger partial charge in [0.05, 0.1) is 0 Å². The zero-order valence-electron chi connectivity index (χ0n) is 22.2. The molecule has 4 unspecified atom stereocenters. The molecular formula is C28H43N3O4. The average Bonchev–Trinajstić information content (AvgIpc) is 2.87. The number of nitrogens with zero attached hydrogens (tertiary/aromatic N) is 1. The van der Waals surface area contributed by atoms with Crippen LogP contribution in [-0.4, -0.2) is 47.0 Å². The Bertz CT molecular complexity index is 900. The summed E-state index contributed by atoms with van der Waals surface area (Å²) in [7, 11) is 0. The second-order valence-electron chi connectivity index (χ2n) is 11.5. The topological polar surface area (TPSA) is 87.7 Å². The molecule has 1 saturated heterocycles. The Kier molecular flexibility index (Phi) is 8.84. The molecule has 0 bridgehead atoms. The standard InChI is InChI=1S/C28H43N3O4/c1-18-10-7-13-21(16-18)29-27(34)30-22-14-9-15-23(25-19(2)11-8-12-20(25)3)31(26(22)33)17-24(32)35-28(4,5)6/h7,10,13,16,19-20,22-23,25H,8-9,11-12,14-15,17H2,1-6H3,(H2,29,30,34). The number of hydrogen-bond acceptors (Lipinski definition) is 4. The molecule has 1 saturated carbocycles. The number of aryl methyl sites for hydroxylation is 1. The number of benzene rings is 1. The highest BCUT2D eigenvalue weighted by Gasteiger charge is 2.43. The van der Waals surface area contributed by atoms with Crippen LogP contribution in [0.1, 0.15) is 78.7 Å². The zero-order valence-corrected chi connectivity index (χ0v) is 22.2. The van der Waals surface area contributed by atoms with Crippen molar-refractivity contribution < 1.29 is 19.1 Å². The summed E-state index contributed by atoms with van der Waals surface area (Å²) in [6, 6.07) is 6.40. The summed E-state index contributed by atoms with van der Waals surface area (Å²) in [5.41, 5.74) is 1.09. The second kappa shape index (κ2) is 11.4. The Morgan fingerprint density at radius 2 is 1.71 bits per heavy atom. The normalized spacial score (nSPS) is 27.7. The van der Waals surface area contributed by atoms with Crippen LogP contribution in [0.25, 0.3) is 0 Å². The SMILES string of the molecule is Cc1cccc(NC(=O)NC2CCCC(C3C(C)CCCC3C)N(CC(=O)OC(C)(C)C)C2=O)c1. The highest BCUT2D eigenvalue weighted by molar-refractivity contribution is 5.94. The monoisotopic (exact) mass is 485 g/mol. The summed E-state index contributed by atoms with van der Waals surface area (Å²) in [6.07, 6.45) is 5.67. The van der Waals surface area contributed by atoms with Crippen LogP contribution < -0.4 is 10.6 Å². The molecule has 1 aliphatic carbocycles. The predicted molar refractivity (Wildman–Crippen MR) is 138 cm³/mol. The van der Waals surface area contributed by atoms with Gasteiger partial charge in [-0.3, -0.25) is 9.59 Å². The maximum atomic E-state index is 13.8. The van der Waals surface area contributed by atoms with Crippen LogP contribution in [0, 0.1) is 24.7 Å². The van der Waals surface area contributed by atoms with Crippen molar-refractivity contribution in [2.24, 2.45) is 17.8 Å². The van der Waals surface area contributed by atoms with Crippen molar-refractivity contribution in [2.45, 2.75) is 97.8 Å². The number of hydrogen-bond donors (Lipinski definition) is 2. The number of nitrogens with one attached hydrogen (secondary N) is 2. The van der Waals surface area contributed by atoms with Gasteiger partial charge in [-0.2, -0.15) is 0 Å². The fourth-order valence-electron chi connectivity index (χ4n) is 5.93. The average molecular weight is 486 g/mol. The van der Waals surface area contributed by atoms with Crippen LogP contribution in [0.2, 0.25) is 0 Å². The van der Waals surface area contributed by atoms with E-state index in [9.17, 15) is 14.4 Å². The van der Waals surface area contributed by atoms with Crippen molar-refractivity contribution in [3.63, 3.8) is 0 Å². The molecule has 2 aliphatic rings.